The van der Waals surface area contributed by atoms with Crippen LogP contribution >= 0.6 is 0 Å². The Morgan fingerprint density at radius 1 is 1.17 bits per heavy atom. The first-order valence-electron chi connectivity index (χ1n) is 10.7. The van der Waals surface area contributed by atoms with Crippen LogP contribution in [0, 0.1) is 13.8 Å². The van der Waals surface area contributed by atoms with Gasteiger partial charge in [0.1, 0.15) is 11.3 Å². The number of nitrogens with two attached hydrogens (primary N) is 1. The molecular weight excluding hydrogens is 362 g/mol. The number of hydrogen-bond acceptors (Lipinski definition) is 4. The van der Waals surface area contributed by atoms with Gasteiger partial charge in [-0.25, -0.2) is 9.97 Å². The predicted molar refractivity (Wildman–Crippen MR) is 121 cm³/mol. The van der Waals surface area contributed by atoms with Crippen LogP contribution in [0.3, 0.4) is 0 Å². The molecule has 0 fully saturated rings. The maximum Gasteiger partial charge on any atom is 0.223 e. The smallest absolute Gasteiger partial charge is 0.223 e. The van der Waals surface area contributed by atoms with Crippen molar-refractivity contribution < 1.29 is 4.79 Å². The third-order valence-electron chi connectivity index (χ3n) is 5.10. The zero-order chi connectivity index (χ0) is 21.2. The van der Waals surface area contributed by atoms with Gasteiger partial charge in [0, 0.05) is 31.6 Å². The highest BCUT2D eigenvalue weighted by atomic mass is 16.1. The van der Waals surface area contributed by atoms with Crippen LogP contribution in [0.25, 0.3) is 11.0 Å². The molecule has 0 saturated heterocycles. The van der Waals surface area contributed by atoms with E-state index in [1.165, 1.54) is 0 Å². The number of fused-ring (bicyclic) bond motifs is 1. The topological polar surface area (TPSA) is 85.8 Å². The summed E-state index contributed by atoms with van der Waals surface area (Å²) in [5.74, 6) is 1.66. The van der Waals surface area contributed by atoms with Crippen molar-refractivity contribution in [2.24, 2.45) is 0 Å². The van der Waals surface area contributed by atoms with Crippen molar-refractivity contribution in [1.29, 1.82) is 0 Å². The van der Waals surface area contributed by atoms with Gasteiger partial charge >= 0.3 is 0 Å². The SMILES string of the molecule is C/C=C\C=C/CC(=O)NCCCCn1c(CCCC)nc2c(N)nc(C)c(C)c21. The summed E-state index contributed by atoms with van der Waals surface area (Å²) in [5, 5.41) is 2.99. The molecular formula is C23H35N5O. The molecule has 0 saturated carbocycles. The number of anilines is 1. The van der Waals surface area contributed by atoms with Crippen LogP contribution in [0.1, 0.15) is 63.0 Å². The van der Waals surface area contributed by atoms with Crippen LogP contribution in [0.4, 0.5) is 5.82 Å². The van der Waals surface area contributed by atoms with Crippen LogP contribution in [0.5, 0.6) is 0 Å². The molecule has 0 aliphatic rings. The molecule has 1 amide bonds. The number of nitrogen functional groups attached to an aromatic ring is 1. The number of imidazole rings is 1. The predicted octanol–water partition coefficient (Wildman–Crippen LogP) is 4.39. The Morgan fingerprint density at radius 3 is 2.69 bits per heavy atom. The molecule has 0 aromatic carbocycles. The second-order valence-corrected chi connectivity index (χ2v) is 7.40. The van der Waals surface area contributed by atoms with Crippen molar-refractivity contribution in [1.82, 2.24) is 19.9 Å². The number of allylic oxidation sites excluding steroid dienone is 3. The summed E-state index contributed by atoms with van der Waals surface area (Å²) >= 11 is 0. The molecule has 0 unspecified atom stereocenters. The molecule has 0 atom stereocenters. The number of unbranched alkanes of at least 4 members (excludes halogenated alkanes) is 2. The van der Waals surface area contributed by atoms with Crippen LogP contribution in [-0.4, -0.2) is 27.0 Å². The van der Waals surface area contributed by atoms with Crippen LogP contribution in [0.2, 0.25) is 0 Å². The number of carbonyl (C=O) groups excluding carboxylic acids is 1. The third kappa shape index (κ3) is 6.17. The van der Waals surface area contributed by atoms with Crippen molar-refractivity contribution in [2.75, 3.05) is 12.3 Å². The minimum Gasteiger partial charge on any atom is -0.382 e. The Balaban J connectivity index is 2.00. The van der Waals surface area contributed by atoms with E-state index in [0.717, 1.165) is 66.8 Å². The molecule has 0 radical (unpaired) electrons. The maximum atomic E-state index is 11.8. The Bertz CT molecular complexity index is 879. The minimum atomic E-state index is 0.0628. The van der Waals surface area contributed by atoms with Gasteiger partial charge in [-0.15, -0.1) is 0 Å². The number of carbonyl (C=O) groups is 1. The van der Waals surface area contributed by atoms with Gasteiger partial charge in [0.2, 0.25) is 5.91 Å². The number of aryl methyl sites for hydroxylation is 4. The summed E-state index contributed by atoms with van der Waals surface area (Å²) in [6, 6.07) is 0. The molecule has 0 spiro atoms. The second-order valence-electron chi connectivity index (χ2n) is 7.40. The van der Waals surface area contributed by atoms with Crippen molar-refractivity contribution >= 4 is 22.8 Å². The minimum absolute atomic E-state index is 0.0628. The lowest BCUT2D eigenvalue weighted by Crippen LogP contribution is -2.23. The van der Waals surface area contributed by atoms with E-state index in [2.05, 4.69) is 28.7 Å². The zero-order valence-corrected chi connectivity index (χ0v) is 18.3. The zero-order valence-electron chi connectivity index (χ0n) is 18.3. The molecule has 6 heteroatoms. The van der Waals surface area contributed by atoms with Crippen LogP contribution in [0.15, 0.2) is 24.3 Å². The first-order chi connectivity index (χ1) is 14.0. The monoisotopic (exact) mass is 397 g/mol. The molecule has 2 rings (SSSR count). The van der Waals surface area contributed by atoms with Gasteiger partial charge in [-0.2, -0.15) is 0 Å². The molecule has 0 bridgehead atoms. The van der Waals surface area contributed by atoms with E-state index >= 15 is 0 Å². The molecule has 6 nitrogen and oxygen atoms in total. The molecule has 0 aliphatic heterocycles. The van der Waals surface area contributed by atoms with E-state index in [-0.39, 0.29) is 5.91 Å². The largest absolute Gasteiger partial charge is 0.382 e. The van der Waals surface area contributed by atoms with Crippen molar-refractivity contribution in [2.45, 2.75) is 72.8 Å². The fourth-order valence-corrected chi connectivity index (χ4v) is 3.37. The Morgan fingerprint density at radius 2 is 1.97 bits per heavy atom. The fourth-order valence-electron chi connectivity index (χ4n) is 3.37. The first kappa shape index (κ1) is 22.7. The van der Waals surface area contributed by atoms with Gasteiger partial charge in [0.05, 0.1) is 5.52 Å². The molecule has 3 N–H and O–H groups in total. The Hall–Kier alpha value is -2.63. The fraction of sp³-hybridized carbons (Fsp3) is 0.522. The summed E-state index contributed by atoms with van der Waals surface area (Å²) in [7, 11) is 0. The summed E-state index contributed by atoms with van der Waals surface area (Å²) in [4.78, 5) is 21.1. The lowest BCUT2D eigenvalue weighted by atomic mass is 10.2. The summed E-state index contributed by atoms with van der Waals surface area (Å²) in [6.07, 6.45) is 13.1. The Kier molecular flexibility index (Phi) is 8.90. The number of hydrogen-bond donors (Lipinski definition) is 2. The average Bonchev–Trinajstić information content (AvgIpc) is 3.07. The van der Waals surface area contributed by atoms with Gasteiger partial charge in [-0.3, -0.25) is 4.79 Å². The average molecular weight is 398 g/mol. The van der Waals surface area contributed by atoms with Crippen LogP contribution in [-0.2, 0) is 17.8 Å². The molecule has 2 aromatic rings. The highest BCUT2D eigenvalue weighted by Crippen LogP contribution is 2.27. The maximum absolute atomic E-state index is 11.8. The number of nitrogens with zero attached hydrogens (tertiary/aromatic N) is 3. The van der Waals surface area contributed by atoms with Crippen LogP contribution < -0.4 is 11.1 Å². The lowest BCUT2D eigenvalue weighted by molar-refractivity contribution is -0.120. The summed E-state index contributed by atoms with van der Waals surface area (Å²) in [5.41, 5.74) is 10.2. The van der Waals surface area contributed by atoms with Crippen molar-refractivity contribution in [3.63, 3.8) is 0 Å². The number of pyridine rings is 1. The van der Waals surface area contributed by atoms with E-state index in [1.807, 2.05) is 38.2 Å². The van der Waals surface area contributed by atoms with E-state index in [9.17, 15) is 4.79 Å². The van der Waals surface area contributed by atoms with Gasteiger partial charge in [0.25, 0.3) is 0 Å². The third-order valence-corrected chi connectivity index (χ3v) is 5.10. The van der Waals surface area contributed by atoms with Crippen molar-refractivity contribution in [3.8, 4) is 0 Å². The summed E-state index contributed by atoms with van der Waals surface area (Å²) in [6.45, 7) is 9.79. The molecule has 2 aromatic heterocycles. The number of nitrogens with one attached hydrogen (secondary N) is 1. The van der Waals surface area contributed by atoms with E-state index in [4.69, 9.17) is 10.7 Å². The lowest BCUT2D eigenvalue weighted by Gasteiger charge is -2.12. The van der Waals surface area contributed by atoms with Gasteiger partial charge in [-0.1, -0.05) is 37.6 Å². The molecule has 29 heavy (non-hydrogen) atoms. The van der Waals surface area contributed by atoms with E-state index < -0.39 is 0 Å². The van der Waals surface area contributed by atoms with Gasteiger partial charge in [-0.05, 0) is 45.6 Å². The highest BCUT2D eigenvalue weighted by molar-refractivity contribution is 5.88. The standard InChI is InChI=1S/C23H35N5O/c1-5-7-9-10-14-20(29)25-15-11-12-16-28-19(13-8-6-2)27-21-22(28)17(3)18(4)26-23(21)24/h5,7,9-10H,6,8,11-16H2,1-4H3,(H2,24,26)(H,25,29)/b7-5-,10-9-. The van der Waals surface area contributed by atoms with Gasteiger partial charge < -0.3 is 15.6 Å². The van der Waals surface area contributed by atoms with E-state index in [0.29, 0.717) is 18.8 Å². The van der Waals surface area contributed by atoms with Gasteiger partial charge in [0.15, 0.2) is 5.82 Å². The highest BCUT2D eigenvalue weighted by Gasteiger charge is 2.17. The van der Waals surface area contributed by atoms with E-state index in [1.54, 1.807) is 0 Å². The molecule has 0 aliphatic carbocycles. The number of rotatable bonds is 11. The first-order valence-corrected chi connectivity index (χ1v) is 10.7. The molecule has 158 valence electrons. The number of amides is 1. The molecule has 2 heterocycles. The normalized spacial score (nSPS) is 11.9. The summed E-state index contributed by atoms with van der Waals surface area (Å²) < 4.78 is 2.31. The number of aromatic nitrogens is 3. The van der Waals surface area contributed by atoms with Crippen molar-refractivity contribution in [3.05, 3.63) is 41.4 Å². The second kappa shape index (κ2) is 11.4. The Labute approximate surface area is 174 Å². The quantitative estimate of drug-likeness (QED) is 0.435.